The van der Waals surface area contributed by atoms with E-state index in [4.69, 9.17) is 0 Å². The van der Waals surface area contributed by atoms with Crippen molar-refractivity contribution in [2.45, 2.75) is 263 Å². The fourth-order valence-electron chi connectivity index (χ4n) is 22.9. The molecule has 0 spiro atoms. The average Bonchev–Trinajstić information content (AvgIpc) is 1.49. The Morgan fingerprint density at radius 1 is 0.178 bits per heavy atom. The van der Waals surface area contributed by atoms with E-state index in [0.29, 0.717) is 0 Å². The molecular weight excluding hydrogens is 1420 g/mol. The van der Waals surface area contributed by atoms with Crippen LogP contribution in [-0.4, -0.2) is 0 Å². The van der Waals surface area contributed by atoms with Crippen molar-refractivity contribution in [3.63, 3.8) is 0 Å². The van der Waals surface area contributed by atoms with Gasteiger partial charge in [-0.15, -0.1) is 0 Å². The Balaban J connectivity index is 0.996. The number of hydrogen-bond donors (Lipinski definition) is 0. The molecule has 0 heteroatoms. The number of unbranched alkanes of at least 4 members (excludes halogenated alkanes) is 8. The highest BCUT2D eigenvalue weighted by Crippen LogP contribution is 2.64. The maximum atomic E-state index is 2.78. The molecule has 0 radical (unpaired) electrons. The second-order valence-electron chi connectivity index (χ2n) is 35.9. The van der Waals surface area contributed by atoms with Gasteiger partial charge in [0.05, 0.1) is 0 Å². The van der Waals surface area contributed by atoms with E-state index in [-0.39, 0.29) is 0 Å². The summed E-state index contributed by atoms with van der Waals surface area (Å²) in [5.74, 6) is 0. The van der Waals surface area contributed by atoms with Crippen LogP contribution in [0, 0.1) is 41.7 Å². The first kappa shape index (κ1) is 77.8. The van der Waals surface area contributed by atoms with Gasteiger partial charge in [0.15, 0.2) is 0 Å². The summed E-state index contributed by atoms with van der Waals surface area (Å²) >= 11 is 0. The highest BCUT2D eigenvalue weighted by atomic mass is 14.4. The van der Waals surface area contributed by atoms with Gasteiger partial charge in [-0.25, -0.2) is 0 Å². The number of aryl methyl sites for hydroxylation is 12. The van der Waals surface area contributed by atoms with Crippen molar-refractivity contribution in [3.05, 3.63) is 291 Å². The monoisotopic (exact) mass is 1540 g/mol. The SMILES string of the molecule is CCCCc1ccc(-c2c3c(c(-c4ccc(CCCC)cc4)c4cc5c(-c6ccc(CCCC)cc6)c6c(c(-c7ccc(CCCC)cc7)c5cc24)=c2ccc4c5c(ccc=6c25)=c2c(CC)c5cc(CCCC)c(CCCC)cc5c(CC)c2=4)-c2ccc4c5c(ccc-3c25)-c2c-4c(CC)c3cc(CCCC)c(CCCC)cc3c2CC)cc1. The molecule has 0 heterocycles. The van der Waals surface area contributed by atoms with Crippen molar-refractivity contribution >= 4 is 64.6 Å². The maximum Gasteiger partial charge on any atom is -0.000740 e. The molecule has 0 saturated heterocycles. The molecule has 19 rings (SSSR count). The average molecular weight is 1540 g/mol. The summed E-state index contributed by atoms with van der Waals surface area (Å²) in [6.07, 6.45) is 31.9. The van der Waals surface area contributed by atoms with E-state index in [2.05, 4.69) is 265 Å². The largest absolute Gasteiger partial charge is 0.0654 e. The minimum absolute atomic E-state index is 0.984. The highest BCUT2D eigenvalue weighted by Gasteiger charge is 2.38. The first-order valence-corrected chi connectivity index (χ1v) is 47.1. The summed E-state index contributed by atoms with van der Waals surface area (Å²) < 4.78 is 0. The Labute approximate surface area is 702 Å². The van der Waals surface area contributed by atoms with Crippen LogP contribution in [-0.2, 0) is 77.0 Å². The molecule has 0 fully saturated rings. The third-order valence-corrected chi connectivity index (χ3v) is 28.8. The van der Waals surface area contributed by atoms with Crippen LogP contribution in [0.5, 0.6) is 0 Å². The lowest BCUT2D eigenvalue weighted by molar-refractivity contribution is 0.759. The van der Waals surface area contributed by atoms with Crippen LogP contribution in [0.1, 0.15) is 253 Å². The predicted molar refractivity (Wildman–Crippen MR) is 512 cm³/mol. The van der Waals surface area contributed by atoms with Crippen molar-refractivity contribution in [2.24, 2.45) is 0 Å². The maximum absolute atomic E-state index is 2.78. The Morgan fingerprint density at radius 3 is 0.686 bits per heavy atom. The molecule has 118 heavy (non-hydrogen) atoms. The molecule has 0 bridgehead atoms. The molecule has 594 valence electrons. The molecule has 0 amide bonds. The van der Waals surface area contributed by atoms with Gasteiger partial charge in [0.2, 0.25) is 0 Å². The van der Waals surface area contributed by atoms with E-state index in [1.54, 1.807) is 22.3 Å². The zero-order valence-electron chi connectivity index (χ0n) is 73.1. The number of hydrogen-bond acceptors (Lipinski definition) is 0. The van der Waals surface area contributed by atoms with Gasteiger partial charge in [0.25, 0.3) is 0 Å². The zero-order chi connectivity index (χ0) is 80.7. The smallest absolute Gasteiger partial charge is 0.000740 e. The zero-order valence-corrected chi connectivity index (χ0v) is 73.1. The van der Waals surface area contributed by atoms with Crippen LogP contribution >= 0.6 is 0 Å². The molecule has 0 aromatic heterocycles. The second kappa shape index (κ2) is 32.5. The minimum atomic E-state index is 0.984. The molecule has 4 aliphatic carbocycles. The van der Waals surface area contributed by atoms with Crippen LogP contribution in [0.25, 0.3) is 154 Å². The van der Waals surface area contributed by atoms with Crippen LogP contribution in [0.3, 0.4) is 0 Å². The fourth-order valence-corrected chi connectivity index (χ4v) is 22.9. The van der Waals surface area contributed by atoms with E-state index in [1.165, 1.54) is 343 Å². The predicted octanol–water partition coefficient (Wildman–Crippen LogP) is 33.3. The van der Waals surface area contributed by atoms with Gasteiger partial charge in [-0.2, -0.15) is 0 Å². The van der Waals surface area contributed by atoms with Gasteiger partial charge in [-0.05, 0) is 403 Å². The van der Waals surface area contributed by atoms with Gasteiger partial charge in [0, 0.05) is 0 Å². The summed E-state index contributed by atoms with van der Waals surface area (Å²) in [7, 11) is 0. The number of fused-ring (bicyclic) bond motifs is 12. The molecule has 4 aliphatic rings. The number of benzene rings is 15. The standard InChI is InChI=1S/C118H122/c1-13-25-33-71-41-49-75(50-42-71)103-99-69-101-102(70-100(99)104(76-51-43-72(44-52-76)34-26-14-2)116-92-62-58-88-108-84(22-10)96-66-80(38-30-18-6)79(37-29-17-5)65-95(96)83(21-9)107(108)87-57-61-91(115(103)116)113(92)111(87)88)106(78-55-47-74(48-56-78)36-28-16-4)118-94-64-60-90-110-86(24-12)98-68-82(40-32-20-8)81(39-31-19-7)67-97(98)85(23-11)109(110)89-59-63-93(114(94)112(89)90)117(118)105(101)77-53-45-73(46-54-77)35-27-15-3/h41-70H,13-40H2,1-12H3. The van der Waals surface area contributed by atoms with Crippen LogP contribution in [0.4, 0.5) is 0 Å². The molecule has 0 N–H and O–H groups in total. The summed E-state index contributed by atoms with van der Waals surface area (Å²) in [6, 6.07) is 77.3. The van der Waals surface area contributed by atoms with Gasteiger partial charge in [-0.3, -0.25) is 0 Å². The van der Waals surface area contributed by atoms with Crippen molar-refractivity contribution in [3.8, 4) is 89.0 Å². The van der Waals surface area contributed by atoms with E-state index >= 15 is 0 Å². The van der Waals surface area contributed by atoms with Crippen LogP contribution in [0.2, 0.25) is 0 Å². The quantitative estimate of drug-likeness (QED) is 0.0369. The third kappa shape index (κ3) is 12.4. The molecule has 0 unspecified atom stereocenters. The molecule has 15 aromatic rings. The van der Waals surface area contributed by atoms with Crippen molar-refractivity contribution < 1.29 is 0 Å². The number of rotatable bonds is 32. The lowest BCUT2D eigenvalue weighted by atomic mass is 9.79. The molecule has 0 atom stereocenters. The van der Waals surface area contributed by atoms with E-state index in [9.17, 15) is 0 Å². The highest BCUT2D eigenvalue weighted by molar-refractivity contribution is 6.34. The molecule has 15 aromatic carbocycles. The molecule has 0 aliphatic heterocycles. The van der Waals surface area contributed by atoms with Crippen LogP contribution < -0.4 is 0 Å². The van der Waals surface area contributed by atoms with Crippen molar-refractivity contribution in [2.75, 3.05) is 0 Å². The van der Waals surface area contributed by atoms with Gasteiger partial charge in [0.1, 0.15) is 0 Å². The lowest BCUT2D eigenvalue weighted by Gasteiger charge is -2.23. The third-order valence-electron chi connectivity index (χ3n) is 28.8. The fraction of sp³-hybridized carbons (Fsp3) is 0.339. The second-order valence-corrected chi connectivity index (χ2v) is 35.9. The normalized spacial score (nSPS) is 12.5. The summed E-state index contributed by atoms with van der Waals surface area (Å²) in [4.78, 5) is 0. The Morgan fingerprint density at radius 2 is 0.415 bits per heavy atom. The van der Waals surface area contributed by atoms with E-state index in [0.717, 1.165) is 77.0 Å². The lowest BCUT2D eigenvalue weighted by Crippen LogP contribution is -2.02. The summed E-state index contributed by atoms with van der Waals surface area (Å²) in [5.41, 5.74) is 39.9. The van der Waals surface area contributed by atoms with Gasteiger partial charge >= 0.3 is 0 Å². The Hall–Kier alpha value is -10.1. The van der Waals surface area contributed by atoms with E-state index in [1.807, 2.05) is 0 Å². The minimum Gasteiger partial charge on any atom is -0.0654 e. The van der Waals surface area contributed by atoms with Gasteiger partial charge < -0.3 is 0 Å². The van der Waals surface area contributed by atoms with Crippen molar-refractivity contribution in [1.29, 1.82) is 0 Å². The molecule has 0 saturated carbocycles. The molecular formula is C118H122. The van der Waals surface area contributed by atoms with Crippen LogP contribution in [0.15, 0.2) is 182 Å². The van der Waals surface area contributed by atoms with E-state index < -0.39 is 0 Å². The Kier molecular flexibility index (Phi) is 21.4. The molecule has 0 nitrogen and oxygen atoms in total. The van der Waals surface area contributed by atoms with Crippen molar-refractivity contribution in [1.82, 2.24) is 0 Å². The first-order valence-electron chi connectivity index (χ1n) is 47.1. The topological polar surface area (TPSA) is 0 Å². The summed E-state index contributed by atoms with van der Waals surface area (Å²) in [5, 5.41) is 28.3. The Bertz CT molecular complexity index is 6590. The van der Waals surface area contributed by atoms with Gasteiger partial charge in [-0.1, -0.05) is 304 Å². The summed E-state index contributed by atoms with van der Waals surface area (Å²) in [6.45, 7) is 28.5. The first-order chi connectivity index (χ1) is 58.1.